The van der Waals surface area contributed by atoms with Crippen molar-refractivity contribution in [2.24, 2.45) is 0 Å². The van der Waals surface area contributed by atoms with Gasteiger partial charge in [-0.25, -0.2) is 4.79 Å². The Hall–Kier alpha value is -2.88. The maximum Gasteiger partial charge on any atom is 0.339 e. The van der Waals surface area contributed by atoms with Crippen LogP contribution in [0.3, 0.4) is 0 Å². The summed E-state index contributed by atoms with van der Waals surface area (Å²) in [6.45, 7) is 0. The first kappa shape index (κ1) is 15.5. The van der Waals surface area contributed by atoms with Gasteiger partial charge < -0.3 is 10.0 Å². The number of carboxylic acid groups (broad SMARTS) is 1. The van der Waals surface area contributed by atoms with Crippen molar-refractivity contribution in [2.75, 3.05) is 19.0 Å². The molecule has 4 heteroatoms. The summed E-state index contributed by atoms with van der Waals surface area (Å²) >= 11 is 0. The second kappa shape index (κ2) is 6.72. The number of anilines is 1. The zero-order valence-electron chi connectivity index (χ0n) is 12.5. The van der Waals surface area contributed by atoms with Crippen molar-refractivity contribution < 1.29 is 14.7 Å². The predicted octanol–water partition coefficient (Wildman–Crippen LogP) is 3.10. The molecule has 2 aromatic rings. The number of Topliss-reactive ketones (excluding diaryl/α,β-unsaturated/α-hetero) is 1. The van der Waals surface area contributed by atoms with Crippen LogP contribution in [0, 0.1) is 0 Å². The van der Waals surface area contributed by atoms with Gasteiger partial charge in [0.05, 0.1) is 0 Å². The van der Waals surface area contributed by atoms with E-state index in [1.165, 1.54) is 6.08 Å². The number of aliphatic carboxylic acids is 1. The van der Waals surface area contributed by atoms with Crippen LogP contribution in [0.15, 0.2) is 60.2 Å². The van der Waals surface area contributed by atoms with E-state index in [1.807, 2.05) is 25.1 Å². The number of nitrogens with zero attached hydrogens (tertiary/aromatic N) is 1. The van der Waals surface area contributed by atoms with Crippen molar-refractivity contribution in [1.82, 2.24) is 0 Å². The van der Waals surface area contributed by atoms with Crippen LogP contribution in [-0.2, 0) is 4.79 Å². The minimum Gasteiger partial charge on any atom is -0.478 e. The lowest BCUT2D eigenvalue weighted by Gasteiger charge is -2.12. The maximum atomic E-state index is 12.4. The average molecular weight is 295 g/mol. The Balaban J connectivity index is 2.35. The zero-order valence-corrected chi connectivity index (χ0v) is 12.5. The smallest absolute Gasteiger partial charge is 0.339 e. The molecule has 0 aliphatic rings. The van der Waals surface area contributed by atoms with E-state index >= 15 is 0 Å². The largest absolute Gasteiger partial charge is 0.478 e. The Bertz CT molecular complexity index is 701. The topological polar surface area (TPSA) is 57.6 Å². The molecule has 0 spiro atoms. The molecule has 4 nitrogen and oxygen atoms in total. The fraction of sp³-hybridized carbons (Fsp3) is 0.111. The van der Waals surface area contributed by atoms with E-state index < -0.39 is 11.8 Å². The van der Waals surface area contributed by atoms with Gasteiger partial charge in [0.1, 0.15) is 5.57 Å². The zero-order chi connectivity index (χ0) is 16.1. The van der Waals surface area contributed by atoms with Crippen molar-refractivity contribution in [1.29, 1.82) is 0 Å². The van der Waals surface area contributed by atoms with Gasteiger partial charge in [-0.3, -0.25) is 4.79 Å². The molecule has 0 radical (unpaired) electrons. The minimum absolute atomic E-state index is 0.246. The summed E-state index contributed by atoms with van der Waals surface area (Å²) < 4.78 is 0. The van der Waals surface area contributed by atoms with Crippen LogP contribution >= 0.6 is 0 Å². The van der Waals surface area contributed by atoms with Crippen molar-refractivity contribution in [3.05, 3.63) is 71.3 Å². The Morgan fingerprint density at radius 2 is 1.55 bits per heavy atom. The molecule has 0 saturated carbocycles. The predicted molar refractivity (Wildman–Crippen MR) is 87.2 cm³/mol. The van der Waals surface area contributed by atoms with E-state index in [9.17, 15) is 14.7 Å². The molecule has 112 valence electrons. The van der Waals surface area contributed by atoms with Gasteiger partial charge in [-0.1, -0.05) is 30.3 Å². The number of carbonyl (C=O) groups excluding carboxylic acids is 1. The first-order chi connectivity index (χ1) is 10.5. The molecule has 0 unspecified atom stereocenters. The van der Waals surface area contributed by atoms with E-state index in [2.05, 4.69) is 0 Å². The summed E-state index contributed by atoms with van der Waals surface area (Å²) in [5.41, 5.74) is 1.73. The van der Waals surface area contributed by atoms with Crippen LogP contribution in [0.2, 0.25) is 0 Å². The molecular weight excluding hydrogens is 278 g/mol. The normalized spacial score (nSPS) is 11.1. The highest BCUT2D eigenvalue weighted by Gasteiger charge is 2.19. The molecule has 2 aromatic carbocycles. The lowest BCUT2D eigenvalue weighted by Crippen LogP contribution is -2.13. The monoisotopic (exact) mass is 295 g/mol. The Labute approximate surface area is 129 Å². The Kier molecular flexibility index (Phi) is 4.73. The maximum absolute atomic E-state index is 12.4. The highest BCUT2D eigenvalue weighted by Crippen LogP contribution is 2.17. The van der Waals surface area contributed by atoms with Gasteiger partial charge in [-0.2, -0.15) is 0 Å². The van der Waals surface area contributed by atoms with Gasteiger partial charge in [0, 0.05) is 25.3 Å². The Morgan fingerprint density at radius 1 is 0.955 bits per heavy atom. The molecule has 0 atom stereocenters. The van der Waals surface area contributed by atoms with Crippen molar-refractivity contribution in [3.63, 3.8) is 0 Å². The average Bonchev–Trinajstić information content (AvgIpc) is 2.53. The summed E-state index contributed by atoms with van der Waals surface area (Å²) in [5.74, 6) is -1.73. The van der Waals surface area contributed by atoms with Crippen molar-refractivity contribution in [2.45, 2.75) is 0 Å². The second-order valence-electron chi connectivity index (χ2n) is 5.04. The third kappa shape index (κ3) is 3.61. The van der Waals surface area contributed by atoms with Crippen molar-refractivity contribution in [3.8, 4) is 0 Å². The van der Waals surface area contributed by atoms with Crippen LogP contribution in [-0.4, -0.2) is 31.0 Å². The third-order valence-corrected chi connectivity index (χ3v) is 3.23. The Morgan fingerprint density at radius 3 is 2.05 bits per heavy atom. The standard InChI is InChI=1S/C18H17NO3/c1-19(2)15-10-8-14(9-11-15)17(20)16(18(21)22)12-13-6-4-3-5-7-13/h3-12H,1-2H3,(H,21,22). The van der Waals surface area contributed by atoms with Crippen LogP contribution in [0.5, 0.6) is 0 Å². The lowest BCUT2D eigenvalue weighted by molar-refractivity contribution is -0.132. The molecule has 0 amide bonds. The summed E-state index contributed by atoms with van der Waals surface area (Å²) in [6, 6.07) is 15.8. The lowest BCUT2D eigenvalue weighted by atomic mass is 10.0. The first-order valence-corrected chi connectivity index (χ1v) is 6.81. The highest BCUT2D eigenvalue weighted by molar-refractivity contribution is 6.26. The van der Waals surface area contributed by atoms with E-state index in [-0.39, 0.29) is 5.57 Å². The first-order valence-electron chi connectivity index (χ1n) is 6.81. The van der Waals surface area contributed by atoms with E-state index in [0.29, 0.717) is 11.1 Å². The molecule has 22 heavy (non-hydrogen) atoms. The number of hydrogen-bond donors (Lipinski definition) is 1. The number of ketones is 1. The van der Waals surface area contributed by atoms with Crippen LogP contribution in [0.25, 0.3) is 6.08 Å². The van der Waals surface area contributed by atoms with E-state index in [1.54, 1.807) is 48.5 Å². The van der Waals surface area contributed by atoms with E-state index in [4.69, 9.17) is 0 Å². The van der Waals surface area contributed by atoms with Crippen LogP contribution in [0.1, 0.15) is 15.9 Å². The fourth-order valence-corrected chi connectivity index (χ4v) is 2.01. The molecule has 2 rings (SSSR count). The number of carbonyl (C=O) groups is 2. The van der Waals surface area contributed by atoms with E-state index in [0.717, 1.165) is 5.69 Å². The van der Waals surface area contributed by atoms with Gasteiger partial charge in [0.25, 0.3) is 0 Å². The third-order valence-electron chi connectivity index (χ3n) is 3.23. The van der Waals surface area contributed by atoms with Gasteiger partial charge >= 0.3 is 5.97 Å². The highest BCUT2D eigenvalue weighted by atomic mass is 16.4. The van der Waals surface area contributed by atoms with Gasteiger partial charge in [0.15, 0.2) is 5.78 Å². The molecule has 1 N–H and O–H groups in total. The van der Waals surface area contributed by atoms with Crippen LogP contribution < -0.4 is 4.90 Å². The second-order valence-corrected chi connectivity index (χ2v) is 5.04. The van der Waals surface area contributed by atoms with Crippen molar-refractivity contribution >= 4 is 23.5 Å². The molecule has 0 fully saturated rings. The molecule has 0 aliphatic heterocycles. The number of hydrogen-bond acceptors (Lipinski definition) is 3. The molecule has 0 saturated heterocycles. The molecule has 0 aliphatic carbocycles. The molecule has 0 aromatic heterocycles. The summed E-state index contributed by atoms with van der Waals surface area (Å²) in [4.78, 5) is 25.7. The van der Waals surface area contributed by atoms with Gasteiger partial charge in [-0.05, 0) is 35.9 Å². The van der Waals surface area contributed by atoms with Gasteiger partial charge in [0.2, 0.25) is 0 Å². The summed E-state index contributed by atoms with van der Waals surface area (Å²) in [6.07, 6.45) is 1.39. The quantitative estimate of drug-likeness (QED) is 0.398. The summed E-state index contributed by atoms with van der Waals surface area (Å²) in [5, 5.41) is 9.31. The molecule has 0 heterocycles. The fourth-order valence-electron chi connectivity index (χ4n) is 2.01. The summed E-state index contributed by atoms with van der Waals surface area (Å²) in [7, 11) is 3.80. The minimum atomic E-state index is -1.23. The molecule has 0 bridgehead atoms. The SMILES string of the molecule is CN(C)c1ccc(C(=O)C(=Cc2ccccc2)C(=O)O)cc1. The number of benzene rings is 2. The molecular formula is C18H17NO3. The number of rotatable bonds is 5. The van der Waals surface area contributed by atoms with Gasteiger partial charge in [-0.15, -0.1) is 0 Å². The van der Waals surface area contributed by atoms with Crippen LogP contribution in [0.4, 0.5) is 5.69 Å². The number of carboxylic acids is 1.